The highest BCUT2D eigenvalue weighted by Gasteiger charge is 2.16. The summed E-state index contributed by atoms with van der Waals surface area (Å²) in [6.45, 7) is 0. The van der Waals surface area contributed by atoms with E-state index >= 15 is 0 Å². The molecular weight excluding hydrogens is 242 g/mol. The summed E-state index contributed by atoms with van der Waals surface area (Å²) in [6.07, 6.45) is 1.26. The number of aromatic nitrogens is 1. The van der Waals surface area contributed by atoms with E-state index in [0.717, 1.165) is 4.88 Å². The number of hydrogen-bond donors (Lipinski definition) is 0. The van der Waals surface area contributed by atoms with Gasteiger partial charge in [0, 0.05) is 6.07 Å². The first-order valence-electron chi connectivity index (χ1n) is 4.49. The zero-order chi connectivity index (χ0) is 12.3. The maximum Gasteiger partial charge on any atom is 0.314 e. The molecule has 0 atom stereocenters. The largest absolute Gasteiger partial charge is 0.314 e. The molecule has 0 aromatic carbocycles. The number of thiophene rings is 1. The summed E-state index contributed by atoms with van der Waals surface area (Å²) in [4.78, 5) is 28.3. The number of aliphatic imine (C=N–C) groups is 1. The van der Waals surface area contributed by atoms with Gasteiger partial charge in [-0.05, 0) is 17.5 Å². The van der Waals surface area contributed by atoms with Crippen molar-refractivity contribution in [1.82, 2.24) is 4.98 Å². The number of carbonyl (C=O) groups excluding carboxylic acids is 1. The maximum atomic E-state index is 10.7. The van der Waals surface area contributed by atoms with Gasteiger partial charge in [0.15, 0.2) is 0 Å². The number of nitro groups is 1. The van der Waals surface area contributed by atoms with Gasteiger partial charge in [-0.2, -0.15) is 0 Å². The summed E-state index contributed by atoms with van der Waals surface area (Å²) >= 11 is 1.44. The van der Waals surface area contributed by atoms with Gasteiger partial charge in [-0.25, -0.2) is 9.78 Å². The zero-order valence-electron chi connectivity index (χ0n) is 8.36. The number of rotatable bonds is 3. The minimum atomic E-state index is -0.638. The monoisotopic (exact) mass is 247 g/mol. The van der Waals surface area contributed by atoms with Gasteiger partial charge in [0.2, 0.25) is 11.9 Å². The molecule has 0 aliphatic rings. The van der Waals surface area contributed by atoms with Gasteiger partial charge in [0.05, 0.1) is 15.5 Å². The summed E-state index contributed by atoms with van der Waals surface area (Å²) in [6, 6.07) is 6.46. The lowest BCUT2D eigenvalue weighted by Gasteiger charge is -1.98. The van der Waals surface area contributed by atoms with Crippen molar-refractivity contribution in [3.8, 4) is 10.6 Å². The Hall–Kier alpha value is -2.37. The first-order valence-corrected chi connectivity index (χ1v) is 5.37. The predicted octanol–water partition coefficient (Wildman–Crippen LogP) is 2.69. The third-order valence-electron chi connectivity index (χ3n) is 1.98. The highest BCUT2D eigenvalue weighted by atomic mass is 32.1. The Morgan fingerprint density at radius 3 is 2.82 bits per heavy atom. The Morgan fingerprint density at radius 1 is 1.41 bits per heavy atom. The maximum absolute atomic E-state index is 10.7. The van der Waals surface area contributed by atoms with Crippen LogP contribution in [0.1, 0.15) is 0 Å². The van der Waals surface area contributed by atoms with Crippen LogP contribution in [-0.2, 0) is 4.79 Å². The molecule has 0 saturated carbocycles. The first kappa shape index (κ1) is 11.1. The average Bonchev–Trinajstić information content (AvgIpc) is 2.82. The summed E-state index contributed by atoms with van der Waals surface area (Å²) in [5, 5.41) is 12.5. The normalized spacial score (nSPS) is 9.65. The van der Waals surface area contributed by atoms with E-state index in [1.807, 2.05) is 17.5 Å². The number of isocyanates is 1. The molecule has 6 nitrogen and oxygen atoms in total. The molecule has 0 aliphatic heterocycles. The van der Waals surface area contributed by atoms with Crippen LogP contribution in [0.2, 0.25) is 0 Å². The van der Waals surface area contributed by atoms with Crippen molar-refractivity contribution in [2.75, 3.05) is 0 Å². The minimum Gasteiger partial charge on any atom is -0.258 e. The van der Waals surface area contributed by atoms with Gasteiger partial charge in [-0.15, -0.1) is 16.3 Å². The second kappa shape index (κ2) is 4.65. The summed E-state index contributed by atoms with van der Waals surface area (Å²) in [7, 11) is 0. The van der Waals surface area contributed by atoms with E-state index in [4.69, 9.17) is 0 Å². The molecule has 0 fully saturated rings. The van der Waals surface area contributed by atoms with Crippen LogP contribution in [0, 0.1) is 10.1 Å². The summed E-state index contributed by atoms with van der Waals surface area (Å²) in [5.74, 6) is -0.226. The molecule has 0 radical (unpaired) electrons. The van der Waals surface area contributed by atoms with Gasteiger partial charge in [-0.3, -0.25) is 10.1 Å². The van der Waals surface area contributed by atoms with Crippen molar-refractivity contribution in [3.63, 3.8) is 0 Å². The van der Waals surface area contributed by atoms with Crippen molar-refractivity contribution in [3.05, 3.63) is 39.8 Å². The second-order valence-electron chi connectivity index (χ2n) is 2.98. The molecule has 0 unspecified atom stereocenters. The van der Waals surface area contributed by atoms with Crippen molar-refractivity contribution in [2.24, 2.45) is 4.99 Å². The van der Waals surface area contributed by atoms with Crippen molar-refractivity contribution < 1.29 is 9.72 Å². The molecular formula is C10H5N3O3S. The smallest absolute Gasteiger partial charge is 0.258 e. The Bertz CT molecular complexity index is 603. The van der Waals surface area contributed by atoms with Gasteiger partial charge in [0.25, 0.3) is 0 Å². The van der Waals surface area contributed by atoms with E-state index in [0.29, 0.717) is 5.69 Å². The molecule has 2 aromatic heterocycles. The van der Waals surface area contributed by atoms with Gasteiger partial charge in [-0.1, -0.05) is 6.07 Å². The first-order chi connectivity index (χ1) is 8.22. The van der Waals surface area contributed by atoms with Crippen LogP contribution in [-0.4, -0.2) is 16.0 Å². The van der Waals surface area contributed by atoms with E-state index in [9.17, 15) is 14.9 Å². The topological polar surface area (TPSA) is 85.5 Å². The lowest BCUT2D eigenvalue weighted by molar-refractivity contribution is -0.384. The molecule has 0 aliphatic carbocycles. The highest BCUT2D eigenvalue weighted by Crippen LogP contribution is 2.30. The Balaban J connectivity index is 2.57. The van der Waals surface area contributed by atoms with Crippen LogP contribution < -0.4 is 0 Å². The fourth-order valence-corrected chi connectivity index (χ4v) is 1.97. The van der Waals surface area contributed by atoms with E-state index in [2.05, 4.69) is 9.98 Å². The van der Waals surface area contributed by atoms with Crippen molar-refractivity contribution in [2.45, 2.75) is 0 Å². The molecule has 0 bridgehead atoms. The fraction of sp³-hybridized carbons (Fsp3) is 0. The van der Waals surface area contributed by atoms with Crippen molar-refractivity contribution in [1.29, 1.82) is 0 Å². The quantitative estimate of drug-likeness (QED) is 0.361. The number of hydrogen-bond acceptors (Lipinski definition) is 6. The molecule has 2 aromatic rings. The van der Waals surface area contributed by atoms with Crippen LogP contribution in [0.5, 0.6) is 0 Å². The van der Waals surface area contributed by atoms with Crippen LogP contribution in [0.4, 0.5) is 11.5 Å². The van der Waals surface area contributed by atoms with Crippen LogP contribution >= 0.6 is 11.3 Å². The predicted molar refractivity (Wildman–Crippen MR) is 62.0 cm³/mol. The molecule has 84 valence electrons. The number of pyridine rings is 1. The third kappa shape index (κ3) is 2.25. The minimum absolute atomic E-state index is 0.226. The van der Waals surface area contributed by atoms with Crippen LogP contribution in [0.3, 0.4) is 0 Å². The summed E-state index contributed by atoms with van der Waals surface area (Å²) in [5.41, 5.74) is 0.230. The molecule has 2 rings (SSSR count). The highest BCUT2D eigenvalue weighted by molar-refractivity contribution is 7.13. The van der Waals surface area contributed by atoms with Crippen LogP contribution in [0.15, 0.2) is 34.6 Å². The molecule has 0 amide bonds. The summed E-state index contributed by atoms with van der Waals surface area (Å²) < 4.78 is 0. The molecule has 0 N–H and O–H groups in total. The van der Waals surface area contributed by atoms with E-state index in [1.54, 1.807) is 0 Å². The molecule has 0 spiro atoms. The SMILES string of the molecule is O=C=Nc1nc(-c2cccs2)ccc1[N+](=O)[O-]. The lowest BCUT2D eigenvalue weighted by Crippen LogP contribution is -1.91. The second-order valence-corrected chi connectivity index (χ2v) is 3.92. The molecule has 7 heteroatoms. The third-order valence-corrected chi connectivity index (χ3v) is 2.87. The van der Waals surface area contributed by atoms with Gasteiger partial charge >= 0.3 is 5.69 Å². The average molecular weight is 247 g/mol. The van der Waals surface area contributed by atoms with Gasteiger partial charge in [0.1, 0.15) is 0 Å². The molecule has 0 saturated heterocycles. The van der Waals surface area contributed by atoms with E-state index in [-0.39, 0.29) is 11.5 Å². The molecule has 2 heterocycles. The number of nitrogens with zero attached hydrogens (tertiary/aromatic N) is 3. The Morgan fingerprint density at radius 2 is 2.24 bits per heavy atom. The molecule has 17 heavy (non-hydrogen) atoms. The Labute approximate surface area is 99.4 Å². The Kier molecular flexibility index (Phi) is 3.04. The standard InChI is InChI=1S/C10H5N3O3S/c14-6-11-10-8(13(15)16)4-3-7(12-10)9-2-1-5-17-9/h1-5H. The van der Waals surface area contributed by atoms with E-state index < -0.39 is 4.92 Å². The van der Waals surface area contributed by atoms with Crippen molar-refractivity contribution >= 4 is 28.9 Å². The fourth-order valence-electron chi connectivity index (χ4n) is 1.27. The van der Waals surface area contributed by atoms with E-state index in [1.165, 1.54) is 29.5 Å². The zero-order valence-corrected chi connectivity index (χ0v) is 9.18. The lowest BCUT2D eigenvalue weighted by atomic mass is 10.3. The van der Waals surface area contributed by atoms with Gasteiger partial charge < -0.3 is 0 Å². The van der Waals surface area contributed by atoms with Crippen LogP contribution in [0.25, 0.3) is 10.6 Å².